The number of hydrogen-bond acceptors (Lipinski definition) is 3. The fourth-order valence-electron chi connectivity index (χ4n) is 2.07. The Labute approximate surface area is 114 Å². The van der Waals surface area contributed by atoms with Gasteiger partial charge in [-0.3, -0.25) is 4.79 Å². The molecule has 104 valence electrons. The van der Waals surface area contributed by atoms with E-state index in [9.17, 15) is 13.6 Å². The average molecular weight is 290 g/mol. The van der Waals surface area contributed by atoms with Crippen LogP contribution in [0.1, 0.15) is 12.8 Å². The van der Waals surface area contributed by atoms with Crippen LogP contribution >= 0.6 is 11.6 Å². The second kappa shape index (κ2) is 5.69. The van der Waals surface area contributed by atoms with Gasteiger partial charge in [-0.15, -0.1) is 0 Å². The maximum absolute atomic E-state index is 13.3. The van der Waals surface area contributed by atoms with Crippen LogP contribution in [0.4, 0.5) is 14.6 Å². The Bertz CT molecular complexity index is 441. The van der Waals surface area contributed by atoms with E-state index in [0.717, 1.165) is 0 Å². The van der Waals surface area contributed by atoms with Crippen molar-refractivity contribution >= 4 is 23.8 Å². The SMILES string of the molecule is O=CN1CCC(F)(F)C[C@H]1CNc1ccc(Cl)cn1. The van der Waals surface area contributed by atoms with E-state index in [-0.39, 0.29) is 25.9 Å². The molecule has 1 aliphatic rings. The number of rotatable bonds is 4. The van der Waals surface area contributed by atoms with Gasteiger partial charge in [0.15, 0.2) is 0 Å². The first kappa shape index (κ1) is 14.0. The monoisotopic (exact) mass is 289 g/mol. The summed E-state index contributed by atoms with van der Waals surface area (Å²) < 4.78 is 26.7. The van der Waals surface area contributed by atoms with E-state index >= 15 is 0 Å². The van der Waals surface area contributed by atoms with E-state index in [0.29, 0.717) is 17.3 Å². The maximum atomic E-state index is 13.3. The van der Waals surface area contributed by atoms with Crippen LogP contribution in [0.3, 0.4) is 0 Å². The molecular weight excluding hydrogens is 276 g/mol. The molecule has 0 aliphatic carbocycles. The number of likely N-dealkylation sites (tertiary alicyclic amines) is 1. The Balaban J connectivity index is 1.95. The van der Waals surface area contributed by atoms with Crippen molar-refractivity contribution in [2.75, 3.05) is 18.4 Å². The molecule has 0 aromatic carbocycles. The Morgan fingerprint density at radius 2 is 2.37 bits per heavy atom. The number of pyridine rings is 1. The van der Waals surface area contributed by atoms with Crippen molar-refractivity contribution in [2.24, 2.45) is 0 Å². The second-order valence-electron chi connectivity index (χ2n) is 4.55. The Hall–Kier alpha value is -1.43. The first-order valence-electron chi connectivity index (χ1n) is 5.94. The van der Waals surface area contributed by atoms with Gasteiger partial charge in [-0.05, 0) is 12.1 Å². The number of nitrogens with one attached hydrogen (secondary N) is 1. The zero-order valence-electron chi connectivity index (χ0n) is 10.2. The number of amides is 1. The van der Waals surface area contributed by atoms with Gasteiger partial charge in [-0.25, -0.2) is 13.8 Å². The number of hydrogen-bond donors (Lipinski definition) is 1. The minimum absolute atomic E-state index is 0.0803. The molecule has 0 bridgehead atoms. The molecule has 19 heavy (non-hydrogen) atoms. The number of carbonyl (C=O) groups excluding carboxylic acids is 1. The summed E-state index contributed by atoms with van der Waals surface area (Å²) in [5.74, 6) is -2.16. The first-order valence-corrected chi connectivity index (χ1v) is 6.32. The van der Waals surface area contributed by atoms with Gasteiger partial charge in [-0.2, -0.15) is 0 Å². The predicted octanol–water partition coefficient (Wildman–Crippen LogP) is 2.40. The van der Waals surface area contributed by atoms with Gasteiger partial charge < -0.3 is 10.2 Å². The molecular formula is C12H14ClF2N3O. The molecule has 1 aromatic rings. The van der Waals surface area contributed by atoms with Gasteiger partial charge in [0, 0.05) is 32.1 Å². The second-order valence-corrected chi connectivity index (χ2v) is 4.99. The quantitative estimate of drug-likeness (QED) is 0.866. The first-order chi connectivity index (χ1) is 9.00. The number of halogens is 3. The molecule has 1 fully saturated rings. The van der Waals surface area contributed by atoms with E-state index in [4.69, 9.17) is 11.6 Å². The van der Waals surface area contributed by atoms with Crippen LogP contribution in [-0.2, 0) is 4.79 Å². The van der Waals surface area contributed by atoms with E-state index < -0.39 is 12.0 Å². The van der Waals surface area contributed by atoms with E-state index in [1.165, 1.54) is 11.1 Å². The van der Waals surface area contributed by atoms with E-state index in [1.54, 1.807) is 12.1 Å². The normalized spacial score (nSPS) is 22.1. The molecule has 1 aliphatic heterocycles. The molecule has 2 heterocycles. The summed E-state index contributed by atoms with van der Waals surface area (Å²) in [6.45, 7) is 0.319. The molecule has 2 rings (SSSR count). The lowest BCUT2D eigenvalue weighted by Gasteiger charge is -2.37. The lowest BCUT2D eigenvalue weighted by Crippen LogP contribution is -2.49. The highest BCUT2D eigenvalue weighted by atomic mass is 35.5. The number of aromatic nitrogens is 1. The van der Waals surface area contributed by atoms with Crippen LogP contribution < -0.4 is 5.32 Å². The third kappa shape index (κ3) is 3.76. The van der Waals surface area contributed by atoms with Crippen molar-refractivity contribution in [1.82, 2.24) is 9.88 Å². The number of carbonyl (C=O) groups is 1. The van der Waals surface area contributed by atoms with Crippen LogP contribution in [0.2, 0.25) is 5.02 Å². The van der Waals surface area contributed by atoms with Crippen molar-refractivity contribution in [3.63, 3.8) is 0 Å². The molecule has 0 spiro atoms. The lowest BCUT2D eigenvalue weighted by atomic mass is 9.99. The molecule has 1 N–H and O–H groups in total. The van der Waals surface area contributed by atoms with Crippen LogP contribution in [0, 0.1) is 0 Å². The Kier molecular flexibility index (Phi) is 4.19. The standard InChI is InChI=1S/C12H14ClF2N3O/c13-9-1-2-11(16-6-9)17-7-10-5-12(14,15)3-4-18(10)8-19/h1-2,6,8,10H,3-5,7H2,(H,16,17)/t10-/m0/s1. The number of alkyl halides is 2. The van der Waals surface area contributed by atoms with Gasteiger partial charge in [-0.1, -0.05) is 11.6 Å². The highest BCUT2D eigenvalue weighted by Crippen LogP contribution is 2.31. The van der Waals surface area contributed by atoms with Crippen molar-refractivity contribution in [1.29, 1.82) is 0 Å². The van der Waals surface area contributed by atoms with Gasteiger partial charge >= 0.3 is 0 Å². The number of anilines is 1. The molecule has 1 saturated heterocycles. The Morgan fingerprint density at radius 3 is 3.00 bits per heavy atom. The summed E-state index contributed by atoms with van der Waals surface area (Å²) in [6, 6.07) is 2.79. The van der Waals surface area contributed by atoms with Crippen LogP contribution in [0.15, 0.2) is 18.3 Å². The van der Waals surface area contributed by atoms with Crippen molar-refractivity contribution in [3.05, 3.63) is 23.4 Å². The molecule has 0 unspecified atom stereocenters. The molecule has 1 atom stereocenters. The van der Waals surface area contributed by atoms with Crippen molar-refractivity contribution in [2.45, 2.75) is 24.8 Å². The molecule has 1 aromatic heterocycles. The minimum atomic E-state index is -2.71. The summed E-state index contributed by atoms with van der Waals surface area (Å²) >= 11 is 5.70. The zero-order valence-corrected chi connectivity index (χ0v) is 10.9. The lowest BCUT2D eigenvalue weighted by molar-refractivity contribution is -0.129. The van der Waals surface area contributed by atoms with Gasteiger partial charge in [0.2, 0.25) is 6.41 Å². The van der Waals surface area contributed by atoms with Crippen LogP contribution in [0.5, 0.6) is 0 Å². The number of nitrogens with zero attached hydrogens (tertiary/aromatic N) is 2. The van der Waals surface area contributed by atoms with E-state index in [2.05, 4.69) is 10.3 Å². The van der Waals surface area contributed by atoms with Crippen LogP contribution in [-0.4, -0.2) is 41.3 Å². The van der Waals surface area contributed by atoms with Gasteiger partial charge in [0.1, 0.15) is 5.82 Å². The average Bonchev–Trinajstić information content (AvgIpc) is 2.37. The maximum Gasteiger partial charge on any atom is 0.251 e. The third-order valence-corrected chi connectivity index (χ3v) is 3.34. The fourth-order valence-corrected chi connectivity index (χ4v) is 2.18. The summed E-state index contributed by atoms with van der Waals surface area (Å²) in [4.78, 5) is 16.3. The Morgan fingerprint density at radius 1 is 1.58 bits per heavy atom. The smallest absolute Gasteiger partial charge is 0.251 e. The summed E-state index contributed by atoms with van der Waals surface area (Å²) in [5, 5.41) is 3.44. The summed E-state index contributed by atoms with van der Waals surface area (Å²) in [5.41, 5.74) is 0. The summed E-state index contributed by atoms with van der Waals surface area (Å²) in [7, 11) is 0. The highest BCUT2D eigenvalue weighted by Gasteiger charge is 2.39. The zero-order chi connectivity index (χ0) is 13.9. The predicted molar refractivity (Wildman–Crippen MR) is 68.5 cm³/mol. The largest absolute Gasteiger partial charge is 0.368 e. The molecule has 0 radical (unpaired) electrons. The van der Waals surface area contributed by atoms with Gasteiger partial charge in [0.05, 0.1) is 11.1 Å². The number of piperidine rings is 1. The van der Waals surface area contributed by atoms with E-state index in [1.807, 2.05) is 0 Å². The molecule has 1 amide bonds. The fraction of sp³-hybridized carbons (Fsp3) is 0.500. The summed E-state index contributed by atoms with van der Waals surface area (Å²) in [6.07, 6.45) is 1.49. The van der Waals surface area contributed by atoms with Gasteiger partial charge in [0.25, 0.3) is 5.92 Å². The molecule has 7 heteroatoms. The van der Waals surface area contributed by atoms with Crippen molar-refractivity contribution in [3.8, 4) is 0 Å². The van der Waals surface area contributed by atoms with Crippen molar-refractivity contribution < 1.29 is 13.6 Å². The van der Waals surface area contributed by atoms with Crippen LogP contribution in [0.25, 0.3) is 0 Å². The third-order valence-electron chi connectivity index (χ3n) is 3.12. The molecule has 0 saturated carbocycles. The highest BCUT2D eigenvalue weighted by molar-refractivity contribution is 6.30. The topological polar surface area (TPSA) is 45.2 Å². The molecule has 4 nitrogen and oxygen atoms in total. The minimum Gasteiger partial charge on any atom is -0.368 e.